The van der Waals surface area contributed by atoms with Crippen LogP contribution < -0.4 is 4.74 Å². The van der Waals surface area contributed by atoms with Crippen LogP contribution in [0.2, 0.25) is 0 Å². The fraction of sp³-hybridized carbons (Fsp3) is 0.286. The second-order valence-corrected chi connectivity index (χ2v) is 4.37. The van der Waals surface area contributed by atoms with Gasteiger partial charge in [-0.3, -0.25) is 0 Å². The highest BCUT2D eigenvalue weighted by atomic mass is 19.1. The smallest absolute Gasteiger partial charge is 0.216 e. The first-order valence-corrected chi connectivity index (χ1v) is 5.83. The van der Waals surface area contributed by atoms with Gasteiger partial charge in [-0.1, -0.05) is 6.07 Å². The molecule has 1 atom stereocenters. The number of aryl methyl sites for hydroxylation is 2. The highest BCUT2D eigenvalue weighted by Crippen LogP contribution is 2.28. The van der Waals surface area contributed by atoms with Crippen molar-refractivity contribution >= 4 is 0 Å². The number of halogens is 1. The van der Waals surface area contributed by atoms with Gasteiger partial charge in [-0.2, -0.15) is 0 Å². The zero-order chi connectivity index (χ0) is 14.0. The van der Waals surface area contributed by atoms with Crippen molar-refractivity contribution in [2.75, 3.05) is 7.11 Å². The molecule has 2 rings (SSSR count). The number of ether oxygens (including phenoxy) is 1. The molecule has 0 amide bonds. The molecule has 0 radical (unpaired) electrons. The van der Waals surface area contributed by atoms with E-state index in [0.717, 1.165) is 5.56 Å². The van der Waals surface area contributed by atoms with Crippen LogP contribution in [0.1, 0.15) is 28.5 Å². The molecule has 19 heavy (non-hydrogen) atoms. The monoisotopic (exact) mass is 262 g/mol. The number of aromatic nitrogens is 2. The van der Waals surface area contributed by atoms with Gasteiger partial charge in [0.25, 0.3) is 0 Å². The van der Waals surface area contributed by atoms with Gasteiger partial charge in [0.05, 0.1) is 12.8 Å². The van der Waals surface area contributed by atoms with Gasteiger partial charge >= 0.3 is 0 Å². The zero-order valence-electron chi connectivity index (χ0n) is 11.0. The predicted molar refractivity (Wildman–Crippen MR) is 68.5 cm³/mol. The predicted octanol–water partition coefficient (Wildman–Crippen LogP) is 2.32. The first kappa shape index (κ1) is 13.4. The number of rotatable bonds is 3. The van der Waals surface area contributed by atoms with Crippen LogP contribution in [0.25, 0.3) is 0 Å². The lowest BCUT2D eigenvalue weighted by molar-refractivity contribution is 0.208. The van der Waals surface area contributed by atoms with Crippen molar-refractivity contribution in [2.45, 2.75) is 20.0 Å². The third-order valence-corrected chi connectivity index (χ3v) is 2.91. The molecule has 0 bridgehead atoms. The zero-order valence-corrected chi connectivity index (χ0v) is 11.0. The summed E-state index contributed by atoms with van der Waals surface area (Å²) >= 11 is 0. The molecule has 4 nitrogen and oxygen atoms in total. The van der Waals surface area contributed by atoms with E-state index in [2.05, 4.69) is 9.97 Å². The summed E-state index contributed by atoms with van der Waals surface area (Å²) in [5.74, 6) is -0.114. The quantitative estimate of drug-likeness (QED) is 0.922. The van der Waals surface area contributed by atoms with Crippen molar-refractivity contribution in [1.29, 1.82) is 0 Å². The maximum absolute atomic E-state index is 14.0. The minimum atomic E-state index is -1.14. The van der Waals surface area contributed by atoms with Gasteiger partial charge in [-0.15, -0.1) is 0 Å². The van der Waals surface area contributed by atoms with Crippen LogP contribution in [-0.2, 0) is 0 Å². The molecule has 0 saturated carbocycles. The van der Waals surface area contributed by atoms with Gasteiger partial charge in [-0.25, -0.2) is 14.4 Å². The van der Waals surface area contributed by atoms with Crippen molar-refractivity contribution < 1.29 is 14.2 Å². The van der Waals surface area contributed by atoms with Crippen LogP contribution in [0, 0.1) is 19.7 Å². The van der Waals surface area contributed by atoms with E-state index >= 15 is 0 Å². The van der Waals surface area contributed by atoms with E-state index < -0.39 is 11.9 Å². The molecule has 1 heterocycles. The normalized spacial score (nSPS) is 12.3. The number of nitrogens with zero attached hydrogens (tertiary/aromatic N) is 2. The minimum absolute atomic E-state index is 0.228. The highest BCUT2D eigenvalue weighted by molar-refractivity contribution is 5.37. The van der Waals surface area contributed by atoms with Crippen molar-refractivity contribution in [3.05, 3.63) is 52.7 Å². The van der Waals surface area contributed by atoms with Crippen molar-refractivity contribution in [3.63, 3.8) is 0 Å². The number of benzene rings is 1. The second kappa shape index (κ2) is 5.32. The largest absolute Gasteiger partial charge is 0.481 e. The molecule has 1 unspecified atom stereocenters. The molecule has 0 spiro atoms. The lowest BCUT2D eigenvalue weighted by atomic mass is 9.98. The third kappa shape index (κ3) is 2.71. The Morgan fingerprint density at radius 3 is 2.58 bits per heavy atom. The van der Waals surface area contributed by atoms with Crippen LogP contribution >= 0.6 is 0 Å². The van der Waals surface area contributed by atoms with Crippen LogP contribution in [0.5, 0.6) is 5.88 Å². The van der Waals surface area contributed by atoms with E-state index in [1.165, 1.54) is 25.6 Å². The average molecular weight is 262 g/mol. The summed E-state index contributed by atoms with van der Waals surface area (Å²) in [7, 11) is 1.47. The number of aliphatic hydroxyl groups excluding tert-OH is 1. The molecule has 0 saturated heterocycles. The Hall–Kier alpha value is -2.01. The summed E-state index contributed by atoms with van der Waals surface area (Å²) in [5, 5.41) is 10.3. The summed E-state index contributed by atoms with van der Waals surface area (Å²) in [6.45, 7) is 3.56. The molecule has 0 aliphatic heterocycles. The van der Waals surface area contributed by atoms with E-state index in [4.69, 9.17) is 4.74 Å². The molecule has 0 aliphatic rings. The molecular weight excluding hydrogens is 247 g/mol. The van der Waals surface area contributed by atoms with Crippen LogP contribution in [-0.4, -0.2) is 22.2 Å². The Morgan fingerprint density at radius 2 is 1.95 bits per heavy atom. The Bertz CT molecular complexity index is 579. The minimum Gasteiger partial charge on any atom is -0.481 e. The fourth-order valence-electron chi connectivity index (χ4n) is 2.04. The summed E-state index contributed by atoms with van der Waals surface area (Å²) in [5.41, 5.74) is 2.03. The van der Waals surface area contributed by atoms with Gasteiger partial charge in [-0.05, 0) is 31.0 Å². The van der Waals surface area contributed by atoms with E-state index in [1.54, 1.807) is 13.8 Å². The SMILES string of the molecule is COc1cc(C(O)c2c(C)cc(C)cc2F)ncn1. The number of hydrogen-bond acceptors (Lipinski definition) is 4. The van der Waals surface area contributed by atoms with Gasteiger partial charge < -0.3 is 9.84 Å². The topological polar surface area (TPSA) is 55.2 Å². The lowest BCUT2D eigenvalue weighted by Crippen LogP contribution is -2.08. The molecule has 0 fully saturated rings. The number of hydrogen-bond donors (Lipinski definition) is 1. The molecule has 1 aromatic heterocycles. The average Bonchev–Trinajstić information content (AvgIpc) is 2.37. The van der Waals surface area contributed by atoms with Crippen LogP contribution in [0.3, 0.4) is 0 Å². The first-order chi connectivity index (χ1) is 9.02. The Morgan fingerprint density at radius 1 is 1.21 bits per heavy atom. The van der Waals surface area contributed by atoms with Gasteiger partial charge in [0, 0.05) is 11.6 Å². The summed E-state index contributed by atoms with van der Waals surface area (Å²) in [6, 6.07) is 4.70. The molecule has 5 heteroatoms. The van der Waals surface area contributed by atoms with Crippen molar-refractivity contribution in [1.82, 2.24) is 9.97 Å². The van der Waals surface area contributed by atoms with E-state index in [0.29, 0.717) is 17.1 Å². The number of aliphatic hydroxyl groups is 1. The molecule has 1 N–H and O–H groups in total. The van der Waals surface area contributed by atoms with Gasteiger partial charge in [0.1, 0.15) is 18.2 Å². The molecular formula is C14H15FN2O2. The Labute approximate surface area is 110 Å². The van der Waals surface area contributed by atoms with Gasteiger partial charge in [0.15, 0.2) is 0 Å². The number of methoxy groups -OCH3 is 1. The fourth-order valence-corrected chi connectivity index (χ4v) is 2.04. The summed E-state index contributed by atoms with van der Waals surface area (Å²) in [4.78, 5) is 7.82. The molecule has 100 valence electrons. The molecule has 1 aromatic carbocycles. The molecule has 0 aliphatic carbocycles. The van der Waals surface area contributed by atoms with E-state index in [9.17, 15) is 9.50 Å². The Kier molecular flexibility index (Phi) is 3.76. The highest BCUT2D eigenvalue weighted by Gasteiger charge is 2.19. The lowest BCUT2D eigenvalue weighted by Gasteiger charge is -2.15. The van der Waals surface area contributed by atoms with E-state index in [-0.39, 0.29) is 5.56 Å². The second-order valence-electron chi connectivity index (χ2n) is 4.37. The van der Waals surface area contributed by atoms with Gasteiger partial charge in [0.2, 0.25) is 5.88 Å². The van der Waals surface area contributed by atoms with E-state index in [1.807, 2.05) is 6.07 Å². The summed E-state index contributed by atoms with van der Waals surface area (Å²) in [6.07, 6.45) is 0.135. The van der Waals surface area contributed by atoms with Crippen LogP contribution in [0.15, 0.2) is 24.5 Å². The third-order valence-electron chi connectivity index (χ3n) is 2.91. The standard InChI is InChI=1S/C14H15FN2O2/c1-8-4-9(2)13(10(15)5-8)14(18)11-6-12(19-3)17-7-16-11/h4-7,14,18H,1-3H3. The first-order valence-electron chi connectivity index (χ1n) is 5.83. The van der Waals surface area contributed by atoms with Crippen molar-refractivity contribution in [3.8, 4) is 5.88 Å². The Balaban J connectivity index is 2.46. The van der Waals surface area contributed by atoms with Crippen LogP contribution in [0.4, 0.5) is 4.39 Å². The maximum Gasteiger partial charge on any atom is 0.216 e. The molecule has 2 aromatic rings. The summed E-state index contributed by atoms with van der Waals surface area (Å²) < 4.78 is 19.0. The maximum atomic E-state index is 14.0. The van der Waals surface area contributed by atoms with Crippen molar-refractivity contribution in [2.24, 2.45) is 0 Å².